The third-order valence-electron chi connectivity index (χ3n) is 3.90. The largest absolute Gasteiger partial charge is 0.391 e. The molecule has 2 unspecified atom stereocenters. The predicted octanol–water partition coefficient (Wildman–Crippen LogP) is 2.93. The van der Waals surface area contributed by atoms with Gasteiger partial charge in [0.2, 0.25) is 0 Å². The molecule has 0 amide bonds. The SMILES string of the molecule is Cc1cccc2c1CC(CC(F)(F)F)OC2C1=NCCN1. The fourth-order valence-corrected chi connectivity index (χ4v) is 2.97. The van der Waals surface area contributed by atoms with E-state index in [2.05, 4.69) is 10.3 Å². The lowest BCUT2D eigenvalue weighted by Crippen LogP contribution is -2.37. The van der Waals surface area contributed by atoms with Gasteiger partial charge in [-0.3, -0.25) is 4.99 Å². The summed E-state index contributed by atoms with van der Waals surface area (Å²) in [5.74, 6) is 0.647. The van der Waals surface area contributed by atoms with Crippen molar-refractivity contribution in [3.05, 3.63) is 34.9 Å². The first-order valence-electron chi connectivity index (χ1n) is 7.03. The number of fused-ring (bicyclic) bond motifs is 1. The zero-order valence-corrected chi connectivity index (χ0v) is 11.7. The summed E-state index contributed by atoms with van der Waals surface area (Å²) in [5.41, 5.74) is 2.90. The lowest BCUT2D eigenvalue weighted by atomic mass is 9.89. The van der Waals surface area contributed by atoms with Crippen LogP contribution in [0.5, 0.6) is 0 Å². The van der Waals surface area contributed by atoms with Crippen LogP contribution in [0.2, 0.25) is 0 Å². The molecular formula is C15H17F3N2O. The summed E-state index contributed by atoms with van der Waals surface area (Å²) in [6, 6.07) is 5.75. The minimum absolute atomic E-state index is 0.297. The van der Waals surface area contributed by atoms with Gasteiger partial charge in [0.15, 0.2) is 0 Å². The van der Waals surface area contributed by atoms with E-state index in [4.69, 9.17) is 4.74 Å². The van der Waals surface area contributed by atoms with Crippen LogP contribution >= 0.6 is 0 Å². The fourth-order valence-electron chi connectivity index (χ4n) is 2.97. The van der Waals surface area contributed by atoms with Gasteiger partial charge < -0.3 is 10.1 Å². The van der Waals surface area contributed by atoms with Gasteiger partial charge in [0.1, 0.15) is 11.9 Å². The molecule has 0 bridgehead atoms. The molecule has 21 heavy (non-hydrogen) atoms. The third-order valence-corrected chi connectivity index (χ3v) is 3.90. The Morgan fingerprint density at radius 3 is 2.86 bits per heavy atom. The number of rotatable bonds is 2. The van der Waals surface area contributed by atoms with Crippen molar-refractivity contribution in [1.82, 2.24) is 5.32 Å². The molecule has 2 aliphatic heterocycles. The summed E-state index contributed by atoms with van der Waals surface area (Å²) in [6.45, 7) is 3.27. The van der Waals surface area contributed by atoms with Crippen molar-refractivity contribution in [3.8, 4) is 0 Å². The van der Waals surface area contributed by atoms with Gasteiger partial charge in [-0.25, -0.2) is 0 Å². The van der Waals surface area contributed by atoms with E-state index >= 15 is 0 Å². The Morgan fingerprint density at radius 2 is 2.19 bits per heavy atom. The molecule has 114 valence electrons. The molecule has 0 aromatic heterocycles. The molecule has 2 atom stereocenters. The van der Waals surface area contributed by atoms with Crippen LogP contribution in [0.15, 0.2) is 23.2 Å². The molecule has 0 saturated carbocycles. The quantitative estimate of drug-likeness (QED) is 0.911. The van der Waals surface area contributed by atoms with E-state index in [1.54, 1.807) is 0 Å². The van der Waals surface area contributed by atoms with Crippen molar-refractivity contribution in [2.24, 2.45) is 4.99 Å². The number of ether oxygens (including phenoxy) is 1. The monoisotopic (exact) mass is 298 g/mol. The average Bonchev–Trinajstić information content (AvgIpc) is 2.91. The van der Waals surface area contributed by atoms with Gasteiger partial charge in [0.25, 0.3) is 0 Å². The average molecular weight is 298 g/mol. The van der Waals surface area contributed by atoms with Crippen LogP contribution in [-0.2, 0) is 11.2 Å². The molecule has 0 saturated heterocycles. The Morgan fingerprint density at radius 1 is 1.38 bits per heavy atom. The van der Waals surface area contributed by atoms with Crippen molar-refractivity contribution in [2.45, 2.75) is 38.1 Å². The van der Waals surface area contributed by atoms with E-state index in [0.717, 1.165) is 16.7 Å². The highest BCUT2D eigenvalue weighted by Crippen LogP contribution is 2.37. The Bertz CT molecular complexity index is 569. The van der Waals surface area contributed by atoms with E-state index in [-0.39, 0.29) is 0 Å². The van der Waals surface area contributed by atoms with E-state index in [0.29, 0.717) is 25.3 Å². The molecule has 2 heterocycles. The molecular weight excluding hydrogens is 281 g/mol. The maximum atomic E-state index is 12.7. The second-order valence-electron chi connectivity index (χ2n) is 5.50. The van der Waals surface area contributed by atoms with Crippen LogP contribution < -0.4 is 5.32 Å². The maximum absolute atomic E-state index is 12.7. The number of aryl methyl sites for hydroxylation is 1. The van der Waals surface area contributed by atoms with Crippen LogP contribution in [0.3, 0.4) is 0 Å². The number of hydrogen-bond acceptors (Lipinski definition) is 3. The predicted molar refractivity (Wildman–Crippen MR) is 73.5 cm³/mol. The van der Waals surface area contributed by atoms with Crippen LogP contribution in [0.4, 0.5) is 13.2 Å². The number of amidine groups is 1. The van der Waals surface area contributed by atoms with Crippen molar-refractivity contribution in [2.75, 3.05) is 13.1 Å². The Kier molecular flexibility index (Phi) is 3.65. The first-order chi connectivity index (χ1) is 9.94. The number of benzene rings is 1. The zero-order chi connectivity index (χ0) is 15.0. The molecule has 0 spiro atoms. The summed E-state index contributed by atoms with van der Waals surface area (Å²) >= 11 is 0. The summed E-state index contributed by atoms with van der Waals surface area (Å²) in [5, 5.41) is 3.11. The summed E-state index contributed by atoms with van der Waals surface area (Å²) in [7, 11) is 0. The highest BCUT2D eigenvalue weighted by atomic mass is 19.4. The van der Waals surface area contributed by atoms with Crippen molar-refractivity contribution < 1.29 is 17.9 Å². The molecule has 3 nitrogen and oxygen atoms in total. The first-order valence-corrected chi connectivity index (χ1v) is 7.03. The van der Waals surface area contributed by atoms with Crippen LogP contribution in [0.1, 0.15) is 29.2 Å². The van der Waals surface area contributed by atoms with E-state index in [9.17, 15) is 13.2 Å². The molecule has 0 radical (unpaired) electrons. The van der Waals surface area contributed by atoms with Gasteiger partial charge in [-0.1, -0.05) is 18.2 Å². The second kappa shape index (κ2) is 5.33. The molecule has 3 rings (SSSR count). The van der Waals surface area contributed by atoms with Gasteiger partial charge in [0, 0.05) is 6.54 Å². The van der Waals surface area contributed by atoms with Gasteiger partial charge in [-0.15, -0.1) is 0 Å². The highest BCUT2D eigenvalue weighted by molar-refractivity contribution is 5.89. The third kappa shape index (κ3) is 3.05. The summed E-state index contributed by atoms with van der Waals surface area (Å²) in [4.78, 5) is 4.32. The van der Waals surface area contributed by atoms with E-state index in [1.807, 2.05) is 25.1 Å². The second-order valence-corrected chi connectivity index (χ2v) is 5.50. The summed E-state index contributed by atoms with van der Waals surface area (Å²) < 4.78 is 43.8. The number of hydrogen-bond donors (Lipinski definition) is 1. The number of halogens is 3. The minimum Gasteiger partial charge on any atom is -0.369 e. The lowest BCUT2D eigenvalue weighted by molar-refractivity contribution is -0.165. The Labute approximate surface area is 121 Å². The van der Waals surface area contributed by atoms with Gasteiger partial charge in [-0.2, -0.15) is 13.2 Å². The van der Waals surface area contributed by atoms with Crippen LogP contribution in [0.25, 0.3) is 0 Å². The van der Waals surface area contributed by atoms with Gasteiger partial charge >= 0.3 is 6.18 Å². The molecule has 1 N–H and O–H groups in total. The smallest absolute Gasteiger partial charge is 0.369 e. The van der Waals surface area contributed by atoms with Crippen LogP contribution in [-0.4, -0.2) is 31.2 Å². The molecule has 0 fully saturated rings. The van der Waals surface area contributed by atoms with Crippen LogP contribution in [0, 0.1) is 6.92 Å². The summed E-state index contributed by atoms with van der Waals surface area (Å²) in [6.07, 6.45) is -6.21. The van der Waals surface area contributed by atoms with Crippen molar-refractivity contribution in [3.63, 3.8) is 0 Å². The van der Waals surface area contributed by atoms with Gasteiger partial charge in [0.05, 0.1) is 19.1 Å². The van der Waals surface area contributed by atoms with Gasteiger partial charge in [-0.05, 0) is 30.0 Å². The first kappa shape index (κ1) is 14.4. The highest BCUT2D eigenvalue weighted by Gasteiger charge is 2.39. The molecule has 2 aliphatic rings. The molecule has 6 heteroatoms. The number of aliphatic imine (C=N–C) groups is 1. The maximum Gasteiger partial charge on any atom is 0.391 e. The number of nitrogens with one attached hydrogen (secondary N) is 1. The van der Waals surface area contributed by atoms with Crippen molar-refractivity contribution >= 4 is 5.84 Å². The molecule has 0 aliphatic carbocycles. The molecule has 1 aromatic carbocycles. The minimum atomic E-state index is -4.22. The Hall–Kier alpha value is -1.56. The van der Waals surface area contributed by atoms with E-state index < -0.39 is 24.8 Å². The Balaban J connectivity index is 1.94. The lowest BCUT2D eigenvalue weighted by Gasteiger charge is -2.33. The zero-order valence-electron chi connectivity index (χ0n) is 11.7. The normalized spacial score (nSPS) is 25.2. The number of alkyl halides is 3. The topological polar surface area (TPSA) is 33.6 Å². The van der Waals surface area contributed by atoms with E-state index in [1.165, 1.54) is 0 Å². The fraction of sp³-hybridized carbons (Fsp3) is 0.533. The standard InChI is InChI=1S/C15H17F3N2O/c1-9-3-2-4-11-12(9)7-10(8-15(16,17)18)21-13(11)14-19-5-6-20-14/h2-4,10,13H,5-8H2,1H3,(H,19,20). The number of nitrogens with zero attached hydrogens (tertiary/aromatic N) is 1. The molecule has 1 aromatic rings. The van der Waals surface area contributed by atoms with Crippen molar-refractivity contribution in [1.29, 1.82) is 0 Å².